The summed E-state index contributed by atoms with van der Waals surface area (Å²) < 4.78 is 11.3. The van der Waals surface area contributed by atoms with E-state index in [9.17, 15) is 4.79 Å². The zero-order valence-corrected chi connectivity index (χ0v) is 15.1. The minimum absolute atomic E-state index is 0.0216. The van der Waals surface area contributed by atoms with Crippen molar-refractivity contribution in [1.82, 2.24) is 9.97 Å². The molecule has 0 fully saturated rings. The lowest BCUT2D eigenvalue weighted by atomic mass is 10.2. The first kappa shape index (κ1) is 16.9. The van der Waals surface area contributed by atoms with Crippen LogP contribution in [0.1, 0.15) is 17.8 Å². The largest absolute Gasteiger partial charge is 0.481 e. The standard InChI is InChI=1S/C17H14ClN3O4S/c18-13-6-10-16(20-14(3-4-15(22)23)21-17(10)26-13)19-7-9-1-2-11-12(5-9)25-8-24-11/h1-2,5-6H,3-4,7-8H2,(H,22,23)(H,19,20,21). The van der Waals surface area contributed by atoms with E-state index >= 15 is 0 Å². The topological polar surface area (TPSA) is 93.6 Å². The van der Waals surface area contributed by atoms with E-state index in [2.05, 4.69) is 15.3 Å². The second-order valence-corrected chi connectivity index (χ2v) is 7.35. The molecule has 0 aliphatic carbocycles. The third kappa shape index (κ3) is 3.51. The van der Waals surface area contributed by atoms with Crippen LogP contribution < -0.4 is 14.8 Å². The molecule has 0 spiro atoms. The Morgan fingerprint density at radius 1 is 1.27 bits per heavy atom. The first-order valence-electron chi connectivity index (χ1n) is 7.88. The van der Waals surface area contributed by atoms with Crippen LogP contribution in [0.4, 0.5) is 5.82 Å². The molecule has 0 saturated heterocycles. The first-order valence-corrected chi connectivity index (χ1v) is 9.08. The monoisotopic (exact) mass is 391 g/mol. The predicted octanol–water partition coefficient (Wildman–Crippen LogP) is 3.70. The van der Waals surface area contributed by atoms with Gasteiger partial charge in [-0.25, -0.2) is 9.97 Å². The van der Waals surface area contributed by atoms with Crippen LogP contribution in [0.25, 0.3) is 10.2 Å². The molecule has 2 aromatic heterocycles. The number of carboxylic acid groups (broad SMARTS) is 1. The van der Waals surface area contributed by atoms with E-state index in [4.69, 9.17) is 26.2 Å². The van der Waals surface area contributed by atoms with Gasteiger partial charge in [-0.1, -0.05) is 17.7 Å². The number of nitrogens with one attached hydrogen (secondary N) is 1. The molecule has 0 radical (unpaired) electrons. The molecule has 1 aliphatic rings. The Bertz CT molecular complexity index is 992. The van der Waals surface area contributed by atoms with E-state index in [-0.39, 0.29) is 19.6 Å². The van der Waals surface area contributed by atoms with Crippen molar-refractivity contribution in [2.75, 3.05) is 12.1 Å². The first-order chi connectivity index (χ1) is 12.6. The number of hydrogen-bond acceptors (Lipinski definition) is 7. The summed E-state index contributed by atoms with van der Waals surface area (Å²) in [5.74, 6) is 1.69. The number of thiophene rings is 1. The van der Waals surface area contributed by atoms with E-state index in [1.807, 2.05) is 24.3 Å². The van der Waals surface area contributed by atoms with Crippen molar-refractivity contribution >= 4 is 44.9 Å². The number of halogens is 1. The molecule has 0 unspecified atom stereocenters. The summed E-state index contributed by atoms with van der Waals surface area (Å²) in [6.07, 6.45) is 0.242. The number of hydrogen-bond donors (Lipinski definition) is 2. The number of carbonyl (C=O) groups is 1. The smallest absolute Gasteiger partial charge is 0.303 e. The van der Waals surface area contributed by atoms with Gasteiger partial charge in [-0.3, -0.25) is 4.79 Å². The lowest BCUT2D eigenvalue weighted by Gasteiger charge is -2.09. The Balaban J connectivity index is 1.58. The van der Waals surface area contributed by atoms with Crippen LogP contribution in [0, 0.1) is 0 Å². The molecule has 3 aromatic rings. The lowest BCUT2D eigenvalue weighted by Crippen LogP contribution is -2.06. The maximum Gasteiger partial charge on any atom is 0.303 e. The molecule has 0 amide bonds. The zero-order valence-electron chi connectivity index (χ0n) is 13.5. The summed E-state index contributed by atoms with van der Waals surface area (Å²) in [4.78, 5) is 20.4. The summed E-state index contributed by atoms with van der Waals surface area (Å²) >= 11 is 7.46. The molecule has 3 heterocycles. The van der Waals surface area contributed by atoms with Crippen molar-refractivity contribution in [1.29, 1.82) is 0 Å². The van der Waals surface area contributed by atoms with Gasteiger partial charge in [-0.15, -0.1) is 11.3 Å². The molecule has 0 bridgehead atoms. The Morgan fingerprint density at radius 2 is 2.12 bits per heavy atom. The molecule has 1 aromatic carbocycles. The average Bonchev–Trinajstić information content (AvgIpc) is 3.22. The molecule has 0 saturated carbocycles. The summed E-state index contributed by atoms with van der Waals surface area (Å²) in [6.45, 7) is 0.758. The molecule has 7 nitrogen and oxygen atoms in total. The highest BCUT2D eigenvalue weighted by Gasteiger charge is 2.15. The minimum atomic E-state index is -0.882. The maximum absolute atomic E-state index is 10.8. The van der Waals surface area contributed by atoms with Gasteiger partial charge in [0, 0.05) is 13.0 Å². The SMILES string of the molecule is O=C(O)CCc1nc(NCc2ccc3c(c2)OCO3)c2cc(Cl)sc2n1. The summed E-state index contributed by atoms with van der Waals surface area (Å²) in [6, 6.07) is 7.55. The predicted molar refractivity (Wildman–Crippen MR) is 98.3 cm³/mol. The van der Waals surface area contributed by atoms with Crippen molar-refractivity contribution in [3.63, 3.8) is 0 Å². The second kappa shape index (κ2) is 6.97. The number of fused-ring (bicyclic) bond motifs is 2. The Hall–Kier alpha value is -2.58. The third-order valence-corrected chi connectivity index (χ3v) is 5.03. The number of benzene rings is 1. The van der Waals surface area contributed by atoms with E-state index in [0.717, 1.165) is 27.3 Å². The van der Waals surface area contributed by atoms with E-state index in [1.54, 1.807) is 0 Å². The Kier molecular flexibility index (Phi) is 4.52. The molecule has 134 valence electrons. The minimum Gasteiger partial charge on any atom is -0.481 e. The highest BCUT2D eigenvalue weighted by Crippen LogP contribution is 2.34. The van der Waals surface area contributed by atoms with Crippen molar-refractivity contribution in [3.05, 3.63) is 40.0 Å². The molecule has 2 N–H and O–H groups in total. The normalized spacial score (nSPS) is 12.5. The number of aryl methyl sites for hydroxylation is 1. The van der Waals surface area contributed by atoms with Crippen LogP contribution in [0.3, 0.4) is 0 Å². The quantitative estimate of drug-likeness (QED) is 0.661. The molecular weight excluding hydrogens is 378 g/mol. The van der Waals surface area contributed by atoms with E-state index in [0.29, 0.717) is 22.5 Å². The van der Waals surface area contributed by atoms with Gasteiger partial charge in [0.2, 0.25) is 6.79 Å². The van der Waals surface area contributed by atoms with Crippen molar-refractivity contribution in [2.45, 2.75) is 19.4 Å². The lowest BCUT2D eigenvalue weighted by molar-refractivity contribution is -0.137. The van der Waals surface area contributed by atoms with Crippen LogP contribution in [-0.2, 0) is 17.8 Å². The Labute approximate surface area is 157 Å². The van der Waals surface area contributed by atoms with Crippen molar-refractivity contribution < 1.29 is 19.4 Å². The molecule has 26 heavy (non-hydrogen) atoms. The second-order valence-electron chi connectivity index (χ2n) is 5.69. The van der Waals surface area contributed by atoms with Crippen molar-refractivity contribution in [3.8, 4) is 11.5 Å². The number of rotatable bonds is 6. The van der Waals surface area contributed by atoms with Crippen LogP contribution in [0.2, 0.25) is 4.34 Å². The van der Waals surface area contributed by atoms with Gasteiger partial charge >= 0.3 is 5.97 Å². The van der Waals surface area contributed by atoms with Gasteiger partial charge in [0.05, 0.1) is 16.1 Å². The van der Waals surface area contributed by atoms with Crippen molar-refractivity contribution in [2.24, 2.45) is 0 Å². The number of ether oxygens (including phenoxy) is 2. The van der Waals surface area contributed by atoms with Gasteiger partial charge in [0.15, 0.2) is 11.5 Å². The fraction of sp³-hybridized carbons (Fsp3) is 0.235. The number of carboxylic acids is 1. The van der Waals surface area contributed by atoms with Crippen LogP contribution in [0.5, 0.6) is 11.5 Å². The number of anilines is 1. The molecule has 4 rings (SSSR count). The average molecular weight is 392 g/mol. The molecule has 9 heteroatoms. The van der Waals surface area contributed by atoms with Gasteiger partial charge in [-0.05, 0) is 23.8 Å². The molecule has 1 aliphatic heterocycles. The summed E-state index contributed by atoms with van der Waals surface area (Å²) in [5.41, 5.74) is 1.01. The number of nitrogens with zero attached hydrogens (tertiary/aromatic N) is 2. The Morgan fingerprint density at radius 3 is 2.96 bits per heavy atom. The fourth-order valence-electron chi connectivity index (χ4n) is 2.64. The van der Waals surface area contributed by atoms with Gasteiger partial charge in [0.1, 0.15) is 16.5 Å². The number of aliphatic carboxylic acids is 1. The van der Waals surface area contributed by atoms with Crippen LogP contribution in [0.15, 0.2) is 24.3 Å². The number of aromatic nitrogens is 2. The zero-order chi connectivity index (χ0) is 18.1. The summed E-state index contributed by atoms with van der Waals surface area (Å²) in [7, 11) is 0. The van der Waals surface area contributed by atoms with Gasteiger partial charge in [0.25, 0.3) is 0 Å². The van der Waals surface area contributed by atoms with Crippen LogP contribution >= 0.6 is 22.9 Å². The van der Waals surface area contributed by atoms with E-state index < -0.39 is 5.97 Å². The molecular formula is C17H14ClN3O4S. The van der Waals surface area contributed by atoms with E-state index in [1.165, 1.54) is 11.3 Å². The van der Waals surface area contributed by atoms with Gasteiger partial charge < -0.3 is 19.9 Å². The highest BCUT2D eigenvalue weighted by atomic mass is 35.5. The summed E-state index contributed by atoms with van der Waals surface area (Å²) in [5, 5.41) is 13.0. The fourth-order valence-corrected chi connectivity index (χ4v) is 3.74. The van der Waals surface area contributed by atoms with Crippen LogP contribution in [-0.4, -0.2) is 27.8 Å². The highest BCUT2D eigenvalue weighted by molar-refractivity contribution is 7.22. The molecule has 0 atom stereocenters. The maximum atomic E-state index is 10.8. The van der Waals surface area contributed by atoms with Gasteiger partial charge in [-0.2, -0.15) is 0 Å². The third-order valence-electron chi connectivity index (χ3n) is 3.87.